The van der Waals surface area contributed by atoms with E-state index in [-0.39, 0.29) is 12.5 Å². The molecule has 1 heterocycles. The summed E-state index contributed by atoms with van der Waals surface area (Å²) in [5, 5.41) is 54.5. The molecule has 1 amide bonds. The second-order valence-corrected chi connectivity index (χ2v) is 24.3. The van der Waals surface area contributed by atoms with E-state index < -0.39 is 49.5 Å². The minimum absolute atomic E-state index is 0.180. The van der Waals surface area contributed by atoms with E-state index in [9.17, 15) is 30.3 Å². The van der Waals surface area contributed by atoms with E-state index in [2.05, 4.69) is 31.3 Å². The third kappa shape index (κ3) is 47.2. The molecule has 0 saturated carbocycles. The van der Waals surface area contributed by atoms with E-state index in [4.69, 9.17) is 9.47 Å². The van der Waals surface area contributed by atoms with Crippen molar-refractivity contribution < 1.29 is 39.8 Å². The highest BCUT2D eigenvalue weighted by Crippen LogP contribution is 2.23. The lowest BCUT2D eigenvalue weighted by Crippen LogP contribution is -2.60. The van der Waals surface area contributed by atoms with Gasteiger partial charge < -0.3 is 40.3 Å². The van der Waals surface area contributed by atoms with Gasteiger partial charge in [-0.05, 0) is 32.1 Å². The number of unbranched alkanes of at least 4 members (excludes halogenated alkanes) is 49. The molecule has 0 aromatic heterocycles. The van der Waals surface area contributed by atoms with Gasteiger partial charge in [0, 0.05) is 6.42 Å². The molecule has 0 radical (unpaired) electrons. The molecule has 1 aliphatic rings. The normalized spacial score (nSPS) is 18.7. The molecule has 7 unspecified atom stereocenters. The summed E-state index contributed by atoms with van der Waals surface area (Å²) in [5.41, 5.74) is 0. The molecule has 0 aliphatic carbocycles. The number of rotatable bonds is 61. The Kier molecular flexibility index (Phi) is 56.3. The van der Waals surface area contributed by atoms with Gasteiger partial charge in [0.15, 0.2) is 6.29 Å². The number of allylic oxidation sites excluding steroid dienone is 3. The number of hydrogen-bond donors (Lipinski definition) is 6. The lowest BCUT2D eigenvalue weighted by atomic mass is 9.99. The van der Waals surface area contributed by atoms with Crippen LogP contribution in [0.2, 0.25) is 0 Å². The molecule has 462 valence electrons. The average Bonchev–Trinajstić information content (AvgIpc) is 3.45. The van der Waals surface area contributed by atoms with E-state index in [1.807, 2.05) is 6.08 Å². The third-order valence-corrected chi connectivity index (χ3v) is 16.8. The van der Waals surface area contributed by atoms with Crippen LogP contribution in [0, 0.1) is 0 Å². The lowest BCUT2D eigenvalue weighted by Gasteiger charge is -2.40. The van der Waals surface area contributed by atoms with Crippen molar-refractivity contribution in [2.45, 2.75) is 397 Å². The van der Waals surface area contributed by atoms with Gasteiger partial charge in [0.05, 0.1) is 25.4 Å². The van der Waals surface area contributed by atoms with Crippen LogP contribution in [0.4, 0.5) is 0 Å². The summed E-state index contributed by atoms with van der Waals surface area (Å²) < 4.78 is 11.3. The number of aliphatic hydroxyl groups is 5. The summed E-state index contributed by atoms with van der Waals surface area (Å²) in [7, 11) is 0. The molecule has 78 heavy (non-hydrogen) atoms. The largest absolute Gasteiger partial charge is 0.394 e. The van der Waals surface area contributed by atoms with Crippen molar-refractivity contribution in [3.8, 4) is 0 Å². The van der Waals surface area contributed by atoms with Crippen molar-refractivity contribution in [3.63, 3.8) is 0 Å². The minimum Gasteiger partial charge on any atom is -0.394 e. The zero-order chi connectivity index (χ0) is 56.5. The highest BCUT2D eigenvalue weighted by atomic mass is 16.7. The fourth-order valence-corrected chi connectivity index (χ4v) is 11.4. The third-order valence-electron chi connectivity index (χ3n) is 16.8. The molecule has 1 fully saturated rings. The maximum absolute atomic E-state index is 13.1. The molecule has 0 aromatic carbocycles. The highest BCUT2D eigenvalue weighted by molar-refractivity contribution is 5.76. The summed E-state index contributed by atoms with van der Waals surface area (Å²) in [5.74, 6) is -0.180. The van der Waals surface area contributed by atoms with Crippen LogP contribution in [0.1, 0.15) is 354 Å². The maximum Gasteiger partial charge on any atom is 0.220 e. The molecule has 0 aromatic rings. The van der Waals surface area contributed by atoms with E-state index in [0.717, 1.165) is 38.5 Å². The first-order valence-electron chi connectivity index (χ1n) is 34.6. The fourth-order valence-electron chi connectivity index (χ4n) is 11.4. The van der Waals surface area contributed by atoms with Crippen molar-refractivity contribution >= 4 is 5.91 Å². The minimum atomic E-state index is -1.57. The number of carbonyl (C=O) groups excluding carboxylic acids is 1. The van der Waals surface area contributed by atoms with Crippen molar-refractivity contribution in [2.24, 2.45) is 0 Å². The number of carbonyl (C=O) groups is 1. The zero-order valence-corrected chi connectivity index (χ0v) is 51.7. The Bertz CT molecular complexity index is 1280. The van der Waals surface area contributed by atoms with Crippen LogP contribution in [0.15, 0.2) is 24.3 Å². The van der Waals surface area contributed by atoms with Crippen LogP contribution in [0.3, 0.4) is 0 Å². The standard InChI is InChI=1S/C69H133NO8/c1-3-5-7-9-11-13-15-17-19-20-21-22-23-24-25-26-27-28-29-30-31-32-33-34-35-36-37-38-39-40-41-42-43-45-47-49-51-53-55-57-59-65(73)70-62(61-77-69-68(76)67(75)66(74)64(60-71)78-69)63(72)58-56-54-52-50-48-46-44-18-16-14-12-10-8-6-4-2/h48,50,56,58,62-64,66-69,71-72,74-76H,3-47,49,51-55,57,59-61H2,1-2H3,(H,70,73)/b50-48+,58-56+. The molecular weight excluding hydrogens is 971 g/mol. The van der Waals surface area contributed by atoms with Crippen molar-refractivity contribution in [1.82, 2.24) is 5.32 Å². The first-order valence-corrected chi connectivity index (χ1v) is 34.6. The molecule has 1 rings (SSSR count). The molecule has 6 N–H and O–H groups in total. The average molecular weight is 1100 g/mol. The molecule has 0 bridgehead atoms. The fraction of sp³-hybridized carbons (Fsp3) is 0.928. The lowest BCUT2D eigenvalue weighted by molar-refractivity contribution is -0.302. The number of amides is 1. The molecular formula is C69H133NO8. The van der Waals surface area contributed by atoms with Gasteiger partial charge in [0.25, 0.3) is 0 Å². The number of nitrogens with one attached hydrogen (secondary N) is 1. The van der Waals surface area contributed by atoms with Crippen molar-refractivity contribution in [2.75, 3.05) is 13.2 Å². The van der Waals surface area contributed by atoms with E-state index in [1.54, 1.807) is 6.08 Å². The summed E-state index contributed by atoms with van der Waals surface area (Å²) in [6.07, 6.45) is 70.3. The van der Waals surface area contributed by atoms with E-state index in [0.29, 0.717) is 6.42 Å². The summed E-state index contributed by atoms with van der Waals surface area (Å²) >= 11 is 0. The molecule has 7 atom stereocenters. The Labute approximate surface area is 483 Å². The first-order chi connectivity index (χ1) is 38.3. The Hall–Kier alpha value is -1.33. The summed E-state index contributed by atoms with van der Waals surface area (Å²) in [6, 6.07) is -0.819. The molecule has 9 nitrogen and oxygen atoms in total. The summed E-state index contributed by atoms with van der Waals surface area (Å²) in [4.78, 5) is 13.1. The number of hydrogen-bond acceptors (Lipinski definition) is 8. The van der Waals surface area contributed by atoms with Gasteiger partial charge in [-0.2, -0.15) is 0 Å². The molecule has 1 saturated heterocycles. The molecule has 9 heteroatoms. The molecule has 1 aliphatic heterocycles. The first kappa shape index (κ1) is 74.7. The maximum atomic E-state index is 13.1. The van der Waals surface area contributed by atoms with Gasteiger partial charge in [-0.3, -0.25) is 4.79 Å². The quantitative estimate of drug-likeness (QED) is 0.0261. The van der Waals surface area contributed by atoms with Crippen LogP contribution in [0.25, 0.3) is 0 Å². The van der Waals surface area contributed by atoms with Gasteiger partial charge >= 0.3 is 0 Å². The van der Waals surface area contributed by atoms with Gasteiger partial charge in [0.1, 0.15) is 24.4 Å². The SMILES string of the molecule is CCCCCCCCCCC/C=C/CC/C=C/C(O)C(COC1OC(CO)C(O)C(O)C1O)NC(=O)CCCCCCCCCCCCCCCCCCCCCCCCCCCCCCCCCCCCCCCCCC. The summed E-state index contributed by atoms with van der Waals surface area (Å²) in [6.45, 7) is 3.80. The predicted octanol–water partition coefficient (Wildman–Crippen LogP) is 18.5. The van der Waals surface area contributed by atoms with Crippen LogP contribution >= 0.6 is 0 Å². The van der Waals surface area contributed by atoms with Crippen molar-refractivity contribution in [3.05, 3.63) is 24.3 Å². The zero-order valence-electron chi connectivity index (χ0n) is 51.7. The Morgan fingerprint density at radius 2 is 0.731 bits per heavy atom. The van der Waals surface area contributed by atoms with Crippen molar-refractivity contribution in [1.29, 1.82) is 0 Å². The smallest absolute Gasteiger partial charge is 0.220 e. The van der Waals surface area contributed by atoms with Crippen LogP contribution in [0.5, 0.6) is 0 Å². The van der Waals surface area contributed by atoms with Gasteiger partial charge in [0.2, 0.25) is 5.91 Å². The highest BCUT2D eigenvalue weighted by Gasteiger charge is 2.44. The molecule has 0 spiro atoms. The number of ether oxygens (including phenoxy) is 2. The topological polar surface area (TPSA) is 149 Å². The monoisotopic (exact) mass is 1100 g/mol. The van der Waals surface area contributed by atoms with Gasteiger partial charge in [-0.25, -0.2) is 0 Å². The van der Waals surface area contributed by atoms with Crippen LogP contribution in [-0.4, -0.2) is 87.5 Å². The van der Waals surface area contributed by atoms with Gasteiger partial charge in [-0.15, -0.1) is 0 Å². The van der Waals surface area contributed by atoms with Crippen LogP contribution < -0.4 is 5.32 Å². The van der Waals surface area contributed by atoms with Crippen LogP contribution in [-0.2, 0) is 14.3 Å². The second-order valence-electron chi connectivity index (χ2n) is 24.3. The van der Waals surface area contributed by atoms with E-state index in [1.165, 1.54) is 295 Å². The second kappa shape index (κ2) is 58.9. The Morgan fingerprint density at radius 3 is 1.08 bits per heavy atom. The van der Waals surface area contributed by atoms with Gasteiger partial charge in [-0.1, -0.05) is 340 Å². The number of aliphatic hydroxyl groups excluding tert-OH is 5. The Morgan fingerprint density at radius 1 is 0.423 bits per heavy atom. The Balaban J connectivity index is 2.01. The van der Waals surface area contributed by atoms with E-state index >= 15 is 0 Å². The predicted molar refractivity (Wildman–Crippen MR) is 332 cm³/mol.